The second-order valence-corrected chi connectivity index (χ2v) is 7.06. The van der Waals surface area contributed by atoms with Crippen LogP contribution >= 0.6 is 0 Å². The van der Waals surface area contributed by atoms with Crippen molar-refractivity contribution in [2.24, 2.45) is 0 Å². The van der Waals surface area contributed by atoms with Gasteiger partial charge in [0.2, 0.25) is 5.75 Å². The van der Waals surface area contributed by atoms with E-state index in [1.807, 2.05) is 6.07 Å². The number of phenolic OH excluding ortho intramolecular Hbond substituents is 2. The van der Waals surface area contributed by atoms with Gasteiger partial charge < -0.3 is 14.9 Å². The van der Waals surface area contributed by atoms with Crippen molar-refractivity contribution in [3.8, 4) is 17.2 Å². The second kappa shape index (κ2) is 13.9. The van der Waals surface area contributed by atoms with Gasteiger partial charge in [-0.1, -0.05) is 84.1 Å². The summed E-state index contributed by atoms with van der Waals surface area (Å²) in [5.41, 5.74) is 1.01. The third kappa shape index (κ3) is 9.04. The van der Waals surface area contributed by atoms with Gasteiger partial charge in [-0.2, -0.15) is 0 Å². The average molecular weight is 351 g/mol. The summed E-state index contributed by atoms with van der Waals surface area (Å²) in [4.78, 5) is 0. The lowest BCUT2D eigenvalue weighted by atomic mass is 10.0. The molecule has 0 heterocycles. The van der Waals surface area contributed by atoms with E-state index in [1.54, 1.807) is 6.07 Å². The predicted molar refractivity (Wildman–Crippen MR) is 106 cm³/mol. The van der Waals surface area contributed by atoms with Crippen LogP contribution in [0.1, 0.15) is 96.5 Å². The van der Waals surface area contributed by atoms with E-state index in [-0.39, 0.29) is 11.5 Å². The van der Waals surface area contributed by atoms with Gasteiger partial charge >= 0.3 is 0 Å². The predicted octanol–water partition coefficient (Wildman–Crippen LogP) is 6.74. The van der Waals surface area contributed by atoms with Crippen LogP contribution in [0.2, 0.25) is 0 Å². The molecule has 144 valence electrons. The van der Waals surface area contributed by atoms with Gasteiger partial charge in [0.05, 0.1) is 6.61 Å². The van der Waals surface area contributed by atoms with Gasteiger partial charge in [-0.25, -0.2) is 0 Å². The Kier molecular flexibility index (Phi) is 12.0. The van der Waals surface area contributed by atoms with Crippen molar-refractivity contribution in [3.05, 3.63) is 17.7 Å². The molecule has 3 heteroatoms. The number of aryl methyl sites for hydroxylation is 1. The highest BCUT2D eigenvalue weighted by Gasteiger charge is 2.13. The van der Waals surface area contributed by atoms with Crippen LogP contribution in [-0.4, -0.2) is 16.8 Å². The molecular weight excluding hydrogens is 312 g/mol. The number of hydrogen-bond acceptors (Lipinski definition) is 3. The summed E-state index contributed by atoms with van der Waals surface area (Å²) in [7, 11) is 0. The third-order valence-corrected chi connectivity index (χ3v) is 4.74. The Bertz CT molecular complexity index is 457. The average Bonchev–Trinajstić information content (AvgIpc) is 2.61. The Morgan fingerprint density at radius 3 is 1.92 bits per heavy atom. The van der Waals surface area contributed by atoms with Crippen LogP contribution in [0.15, 0.2) is 12.1 Å². The second-order valence-electron chi connectivity index (χ2n) is 7.06. The molecule has 0 fully saturated rings. The maximum absolute atomic E-state index is 10.1. The summed E-state index contributed by atoms with van der Waals surface area (Å²) in [6.45, 7) is 5.05. The van der Waals surface area contributed by atoms with E-state index in [9.17, 15) is 10.2 Å². The molecule has 25 heavy (non-hydrogen) atoms. The zero-order valence-corrected chi connectivity index (χ0v) is 16.4. The SMILES string of the molecule is CCCCCCCCCOc1c(CCCCCCC)ccc(O)c1O. The van der Waals surface area contributed by atoms with Crippen molar-refractivity contribution in [1.82, 2.24) is 0 Å². The summed E-state index contributed by atoms with van der Waals surface area (Å²) in [5, 5.41) is 19.9. The minimum Gasteiger partial charge on any atom is -0.504 e. The zero-order chi connectivity index (χ0) is 18.3. The summed E-state index contributed by atoms with van der Waals surface area (Å²) < 4.78 is 5.84. The first-order valence-corrected chi connectivity index (χ1v) is 10.4. The van der Waals surface area contributed by atoms with Crippen LogP contribution in [0.5, 0.6) is 17.2 Å². The van der Waals surface area contributed by atoms with Crippen LogP contribution in [0, 0.1) is 0 Å². The monoisotopic (exact) mass is 350 g/mol. The van der Waals surface area contributed by atoms with Crippen LogP contribution < -0.4 is 4.74 Å². The molecule has 0 amide bonds. The van der Waals surface area contributed by atoms with E-state index in [0.717, 1.165) is 31.2 Å². The first-order valence-electron chi connectivity index (χ1n) is 10.4. The van der Waals surface area contributed by atoms with Crippen molar-refractivity contribution in [2.45, 2.75) is 97.3 Å². The Morgan fingerprint density at radius 2 is 1.28 bits per heavy atom. The number of phenols is 2. The van der Waals surface area contributed by atoms with Crippen molar-refractivity contribution in [3.63, 3.8) is 0 Å². The molecule has 2 N–H and O–H groups in total. The molecular formula is C22H38O3. The lowest BCUT2D eigenvalue weighted by Gasteiger charge is -2.14. The molecule has 0 aliphatic carbocycles. The Morgan fingerprint density at radius 1 is 0.720 bits per heavy atom. The third-order valence-electron chi connectivity index (χ3n) is 4.74. The Hall–Kier alpha value is -1.38. The number of unbranched alkanes of at least 4 members (excludes halogenated alkanes) is 10. The standard InChI is InChI=1S/C22H38O3/c1-3-5-7-9-10-12-14-18-25-22-19(15-13-11-8-6-4-2)16-17-20(23)21(22)24/h16-17,23-24H,3-15,18H2,1-2H3. The van der Waals surface area contributed by atoms with Crippen LogP contribution in [0.25, 0.3) is 0 Å². The fourth-order valence-electron chi connectivity index (χ4n) is 3.11. The fourth-order valence-corrected chi connectivity index (χ4v) is 3.11. The van der Waals surface area contributed by atoms with Gasteiger partial charge in [-0.15, -0.1) is 0 Å². The van der Waals surface area contributed by atoms with E-state index in [2.05, 4.69) is 13.8 Å². The van der Waals surface area contributed by atoms with Crippen LogP contribution in [0.3, 0.4) is 0 Å². The van der Waals surface area contributed by atoms with Gasteiger partial charge in [-0.3, -0.25) is 0 Å². The highest BCUT2D eigenvalue weighted by Crippen LogP contribution is 2.39. The van der Waals surface area contributed by atoms with Gasteiger partial charge in [0.25, 0.3) is 0 Å². The van der Waals surface area contributed by atoms with Gasteiger partial charge in [0, 0.05) is 0 Å². The summed E-state index contributed by atoms with van der Waals surface area (Å²) >= 11 is 0. The molecule has 0 spiro atoms. The van der Waals surface area contributed by atoms with Crippen molar-refractivity contribution >= 4 is 0 Å². The molecule has 3 nitrogen and oxygen atoms in total. The molecule has 0 aliphatic heterocycles. The number of benzene rings is 1. The van der Waals surface area contributed by atoms with Crippen LogP contribution in [0.4, 0.5) is 0 Å². The fraction of sp³-hybridized carbons (Fsp3) is 0.727. The molecule has 1 aromatic rings. The Labute approximate surface area is 154 Å². The lowest BCUT2D eigenvalue weighted by molar-refractivity contribution is 0.280. The first-order chi connectivity index (χ1) is 12.2. The highest BCUT2D eigenvalue weighted by molar-refractivity contribution is 5.54. The normalized spacial score (nSPS) is 11.0. The maximum atomic E-state index is 10.1. The molecule has 1 aromatic carbocycles. The van der Waals surface area contributed by atoms with E-state index in [1.165, 1.54) is 57.8 Å². The molecule has 0 unspecified atom stereocenters. The molecule has 0 saturated carbocycles. The summed E-state index contributed by atoms with van der Waals surface area (Å²) in [5.74, 6) is 0.291. The van der Waals surface area contributed by atoms with E-state index >= 15 is 0 Å². The maximum Gasteiger partial charge on any atom is 0.200 e. The minimum absolute atomic E-state index is 0.0932. The molecule has 0 aliphatic rings. The highest BCUT2D eigenvalue weighted by atomic mass is 16.5. The molecule has 0 aromatic heterocycles. The van der Waals surface area contributed by atoms with E-state index in [4.69, 9.17) is 4.74 Å². The summed E-state index contributed by atoms with van der Waals surface area (Å²) in [6.07, 6.45) is 15.6. The molecule has 0 saturated heterocycles. The smallest absolute Gasteiger partial charge is 0.200 e. The molecule has 0 atom stereocenters. The lowest BCUT2D eigenvalue weighted by Crippen LogP contribution is -2.01. The summed E-state index contributed by atoms with van der Waals surface area (Å²) in [6, 6.07) is 3.45. The van der Waals surface area contributed by atoms with Crippen molar-refractivity contribution < 1.29 is 14.9 Å². The quantitative estimate of drug-likeness (QED) is 0.272. The van der Waals surface area contributed by atoms with Gasteiger partial charge in [0.1, 0.15) is 0 Å². The molecule has 0 bridgehead atoms. The number of ether oxygens (including phenoxy) is 1. The van der Waals surface area contributed by atoms with Crippen LogP contribution in [-0.2, 0) is 6.42 Å². The van der Waals surface area contributed by atoms with Gasteiger partial charge in [0.15, 0.2) is 11.5 Å². The Balaban J connectivity index is 2.38. The number of rotatable bonds is 15. The molecule has 1 rings (SSSR count). The number of aromatic hydroxyl groups is 2. The van der Waals surface area contributed by atoms with E-state index < -0.39 is 0 Å². The topological polar surface area (TPSA) is 49.7 Å². The van der Waals surface area contributed by atoms with Crippen molar-refractivity contribution in [1.29, 1.82) is 0 Å². The van der Waals surface area contributed by atoms with Gasteiger partial charge in [-0.05, 0) is 30.9 Å². The van der Waals surface area contributed by atoms with Crippen molar-refractivity contribution in [2.75, 3.05) is 6.61 Å². The zero-order valence-electron chi connectivity index (χ0n) is 16.4. The first kappa shape index (κ1) is 21.7. The largest absolute Gasteiger partial charge is 0.504 e. The number of hydrogen-bond donors (Lipinski definition) is 2. The van der Waals surface area contributed by atoms with E-state index in [0.29, 0.717) is 12.4 Å². The minimum atomic E-state index is -0.103. The molecule has 0 radical (unpaired) electrons.